The number of hydrogen-bond donors (Lipinski definition) is 0. The van der Waals surface area contributed by atoms with E-state index in [9.17, 15) is 0 Å². The lowest BCUT2D eigenvalue weighted by Crippen LogP contribution is -2.25. The topological polar surface area (TPSA) is 0 Å². The molecule has 0 aliphatic carbocycles. The molecule has 0 aliphatic rings. The molecule has 0 aliphatic heterocycles. The normalized spacial score (nSPS) is 13.6. The smallest absolute Gasteiger partial charge is 0.0264 e. The van der Waals surface area contributed by atoms with E-state index in [1.165, 1.54) is 52.4 Å². The van der Waals surface area contributed by atoms with Gasteiger partial charge in [-0.1, -0.05) is 368 Å². The van der Waals surface area contributed by atoms with Gasteiger partial charge >= 0.3 is 0 Å². The largest absolute Gasteiger partial charge is 0.0654 e. The van der Waals surface area contributed by atoms with Crippen molar-refractivity contribution >= 4 is 0 Å². The third-order valence-corrected chi connectivity index (χ3v) is 12.3. The van der Waals surface area contributed by atoms with Gasteiger partial charge in [0, 0.05) is 11.0 Å². The molecule has 0 spiro atoms. The molecule has 0 aromatic heterocycles. The van der Waals surface area contributed by atoms with E-state index in [0.717, 1.165) is 35.5 Å². The first-order valence-electron chi connectivity index (χ1n) is 31.7. The molecule has 0 nitrogen and oxygen atoms in total. The Morgan fingerprint density at radius 2 is 0.409 bits per heavy atom. The fourth-order valence-electron chi connectivity index (χ4n) is 0. The summed E-state index contributed by atoms with van der Waals surface area (Å²) < 4.78 is 54.9. The zero-order valence-corrected chi connectivity index (χ0v) is 56.1. The van der Waals surface area contributed by atoms with Gasteiger partial charge in [-0.25, -0.2) is 0 Å². The highest BCUT2D eigenvalue weighted by molar-refractivity contribution is 4.77. The van der Waals surface area contributed by atoms with Crippen LogP contribution in [-0.4, -0.2) is 0 Å². The van der Waals surface area contributed by atoms with Gasteiger partial charge in [0.2, 0.25) is 0 Å². The molecule has 0 bridgehead atoms. The monoisotopic (exact) mass is 957 g/mol. The van der Waals surface area contributed by atoms with Gasteiger partial charge < -0.3 is 0 Å². The molecular weight excluding hydrogens is 793 g/mol. The Bertz CT molecular complexity index is 897. The summed E-state index contributed by atoms with van der Waals surface area (Å²) in [7, 11) is 0. The second-order valence-corrected chi connectivity index (χ2v) is 26.4. The summed E-state index contributed by atoms with van der Waals surface area (Å²) in [6, 6.07) is 0. The summed E-state index contributed by atoms with van der Waals surface area (Å²) in [5, 5.41) is 0. The summed E-state index contributed by atoms with van der Waals surface area (Å²) in [5.74, 6) is 5.07. The summed E-state index contributed by atoms with van der Waals surface area (Å²) in [6.45, 7) is 90.0. The van der Waals surface area contributed by atoms with E-state index in [4.69, 9.17) is 11.0 Å². The van der Waals surface area contributed by atoms with Gasteiger partial charge in [-0.2, -0.15) is 0 Å². The van der Waals surface area contributed by atoms with Crippen molar-refractivity contribution < 1.29 is 11.0 Å². The summed E-state index contributed by atoms with van der Waals surface area (Å²) in [4.78, 5) is 0. The van der Waals surface area contributed by atoms with Gasteiger partial charge in [0.15, 0.2) is 0 Å². The van der Waals surface area contributed by atoms with E-state index in [1.807, 2.05) is 13.8 Å². The molecule has 0 unspecified atom stereocenters. The summed E-state index contributed by atoms with van der Waals surface area (Å²) in [6.07, 6.45) is 3.62. The van der Waals surface area contributed by atoms with Crippen molar-refractivity contribution in [3.8, 4) is 0 Å². The first-order chi connectivity index (χ1) is 31.7. The SMILES string of the molecule is CC(C)(C)C(C)(C)C.CC(C)C(C)(C)C.CC(C)C(C)(C)C.CC(C)C(C)C.CCC(C)(C)C.CCC(C)(C)C.CCC(C)C.CCC(C)C.CCCC.[2H]C([2H])(C)C([2H])([2H])C.[2H]C([2H])(C)CC.[2H]C([2H])(C)CC. The van der Waals surface area contributed by atoms with E-state index >= 15 is 0 Å². The Hall–Kier alpha value is 0. The van der Waals surface area contributed by atoms with Crippen molar-refractivity contribution in [2.75, 3.05) is 0 Å². The maximum Gasteiger partial charge on any atom is 0.0264 e. The quantitative estimate of drug-likeness (QED) is 0.239. The van der Waals surface area contributed by atoms with Gasteiger partial charge in [0.1, 0.15) is 0 Å². The molecular formula is C66H156. The van der Waals surface area contributed by atoms with Gasteiger partial charge in [-0.3, -0.25) is 0 Å². The predicted octanol–water partition coefficient (Wildman–Crippen LogP) is 27.0. The molecule has 0 amide bonds. The molecule has 0 radical (unpaired) electrons. The summed E-state index contributed by atoms with van der Waals surface area (Å²) in [5.41, 5.74) is 2.96. The van der Waals surface area contributed by atoms with Crippen LogP contribution in [0.25, 0.3) is 0 Å². The predicted molar refractivity (Wildman–Crippen MR) is 329 cm³/mol. The Kier molecular flexibility index (Phi) is 67.2. The van der Waals surface area contributed by atoms with E-state index in [-0.39, 0.29) is 0 Å². The fourth-order valence-corrected chi connectivity index (χ4v) is 0. The molecule has 0 heterocycles. The number of unbranched alkanes of at least 4 members (excludes halogenated alkanes) is 1. The third kappa shape index (κ3) is 167. The highest BCUT2D eigenvalue weighted by Crippen LogP contribution is 2.36. The van der Waals surface area contributed by atoms with Crippen molar-refractivity contribution in [2.24, 2.45) is 68.0 Å². The molecule has 0 saturated heterocycles. The second-order valence-electron chi connectivity index (χ2n) is 26.4. The maximum absolute atomic E-state index is 6.88. The molecule has 0 atom stereocenters. The van der Waals surface area contributed by atoms with Gasteiger partial charge in [-0.05, 0) is 68.0 Å². The van der Waals surface area contributed by atoms with Crippen molar-refractivity contribution in [3.05, 3.63) is 0 Å². The van der Waals surface area contributed by atoms with E-state index in [1.54, 1.807) is 13.8 Å². The maximum atomic E-state index is 6.88. The van der Waals surface area contributed by atoms with Crippen LogP contribution in [0, 0.1) is 68.0 Å². The lowest BCUT2D eigenvalue weighted by Gasteiger charge is -2.34. The zero-order chi connectivity index (χ0) is 64.1. The minimum atomic E-state index is -1.73. The van der Waals surface area contributed by atoms with Crippen LogP contribution in [0.5, 0.6) is 0 Å². The third-order valence-electron chi connectivity index (χ3n) is 12.3. The second kappa shape index (κ2) is 61.1. The molecule has 0 N–H and O–H groups in total. The average molecular weight is 958 g/mol. The molecule has 0 fully saturated rings. The Morgan fingerprint density at radius 1 is 0.288 bits per heavy atom. The van der Waals surface area contributed by atoms with Gasteiger partial charge in [-0.15, -0.1) is 0 Å². The van der Waals surface area contributed by atoms with Crippen LogP contribution in [0.1, 0.15) is 379 Å². The van der Waals surface area contributed by atoms with Gasteiger partial charge in [0.05, 0.1) is 0 Å². The molecule has 0 aromatic carbocycles. The van der Waals surface area contributed by atoms with Crippen LogP contribution < -0.4 is 0 Å². The first kappa shape index (κ1) is 72.5. The molecule has 0 aromatic rings. The number of hydrogen-bond acceptors (Lipinski definition) is 0. The molecule has 0 rings (SSSR count). The fraction of sp³-hybridized carbons (Fsp3) is 1.00. The first-order valence-corrected chi connectivity index (χ1v) is 27.7. The highest BCUT2D eigenvalue weighted by atomic mass is 14.3. The molecule has 0 saturated carbocycles. The molecule has 0 heteroatoms. The Morgan fingerprint density at radius 3 is 0.409 bits per heavy atom. The van der Waals surface area contributed by atoms with Crippen LogP contribution in [-0.2, 0) is 0 Å². The van der Waals surface area contributed by atoms with E-state index < -0.39 is 25.5 Å². The Balaban J connectivity index is -0.0000000569. The lowest BCUT2D eigenvalue weighted by molar-refractivity contribution is 0.157. The van der Waals surface area contributed by atoms with Crippen molar-refractivity contribution in [2.45, 2.75) is 368 Å². The van der Waals surface area contributed by atoms with Gasteiger partial charge in [0.25, 0.3) is 0 Å². The van der Waals surface area contributed by atoms with Crippen molar-refractivity contribution in [3.63, 3.8) is 0 Å². The summed E-state index contributed by atoms with van der Waals surface area (Å²) >= 11 is 0. The minimum absolute atomic E-state index is 0.437. The van der Waals surface area contributed by atoms with Crippen LogP contribution in [0.15, 0.2) is 0 Å². The van der Waals surface area contributed by atoms with E-state index in [0.29, 0.717) is 45.3 Å². The van der Waals surface area contributed by atoms with Crippen molar-refractivity contribution in [1.29, 1.82) is 0 Å². The van der Waals surface area contributed by atoms with Crippen LogP contribution in [0.2, 0.25) is 0 Å². The Labute approximate surface area is 445 Å². The molecule has 420 valence electrons. The van der Waals surface area contributed by atoms with Crippen LogP contribution >= 0.6 is 0 Å². The van der Waals surface area contributed by atoms with Crippen LogP contribution in [0.4, 0.5) is 0 Å². The van der Waals surface area contributed by atoms with Crippen molar-refractivity contribution in [1.82, 2.24) is 0 Å². The highest BCUT2D eigenvalue weighted by Gasteiger charge is 2.26. The van der Waals surface area contributed by atoms with E-state index in [2.05, 4.69) is 249 Å². The zero-order valence-electron chi connectivity index (χ0n) is 64.1. The molecule has 66 heavy (non-hydrogen) atoms. The minimum Gasteiger partial charge on any atom is -0.0654 e. The van der Waals surface area contributed by atoms with Crippen LogP contribution in [0.3, 0.4) is 0 Å². The number of rotatable bonds is 7. The standard InChI is InChI=1S/C8H18.2C7H16.3C6H14.2C5H12.4C4H10/c1-7(2,3)8(4,5)6;2*1-6(2)7(3,4)5;2*1-5-6(2,3)4;1-5(2)6(3)4;2*1-4-5(2)3;4*1-3-4-2/h1-6H3;2*6H,1-5H3;2*5H2,1-4H3;5-6H,1-4H3;2*5H,4H2,1-3H3;4*3-4H2,1-2H3/i;;;;;;;;3D2,4D2;2*3D2;. The lowest BCUT2D eigenvalue weighted by atomic mass is 9.71. The average Bonchev–Trinajstić information content (AvgIpc) is 3.17.